The zero-order chi connectivity index (χ0) is 14.5. The number of likely N-dealkylation sites (N-methyl/N-ethyl adjacent to an activating group) is 1. The lowest BCUT2D eigenvalue weighted by molar-refractivity contribution is -0.128. The van der Waals surface area contributed by atoms with Crippen LogP contribution in [0.15, 0.2) is 18.2 Å². The Labute approximate surface area is 119 Å². The second-order valence-electron chi connectivity index (χ2n) is 5.13. The number of fused-ring (bicyclic) bond motifs is 1. The van der Waals surface area contributed by atoms with E-state index in [1.165, 1.54) is 24.0 Å². The molecule has 2 rings (SSSR count). The second kappa shape index (κ2) is 6.55. The van der Waals surface area contributed by atoms with Crippen molar-refractivity contribution >= 4 is 11.9 Å². The van der Waals surface area contributed by atoms with Crippen LogP contribution >= 0.6 is 0 Å². The van der Waals surface area contributed by atoms with E-state index in [1.54, 1.807) is 13.0 Å². The fourth-order valence-electron chi connectivity index (χ4n) is 2.46. The van der Waals surface area contributed by atoms with Gasteiger partial charge >= 0.3 is 5.97 Å². The Balaban J connectivity index is 2.04. The van der Waals surface area contributed by atoms with Gasteiger partial charge in [-0.05, 0) is 62.8 Å². The van der Waals surface area contributed by atoms with E-state index in [9.17, 15) is 9.59 Å². The molecule has 4 nitrogen and oxygen atoms in total. The molecule has 1 N–H and O–H groups in total. The van der Waals surface area contributed by atoms with Gasteiger partial charge in [0.1, 0.15) is 0 Å². The van der Waals surface area contributed by atoms with Crippen molar-refractivity contribution < 1.29 is 14.3 Å². The van der Waals surface area contributed by atoms with E-state index in [1.807, 2.05) is 19.1 Å². The predicted octanol–water partition coefficient (Wildman–Crippen LogP) is 2.25. The number of nitrogens with one attached hydrogen (secondary N) is 1. The topological polar surface area (TPSA) is 55.4 Å². The van der Waals surface area contributed by atoms with E-state index >= 15 is 0 Å². The molecular weight excluding hydrogens is 254 g/mol. The molecule has 1 aliphatic rings. The van der Waals surface area contributed by atoms with Crippen molar-refractivity contribution in [3.8, 4) is 0 Å². The largest absolute Gasteiger partial charge is 0.449 e. The molecular formula is C16H21NO3. The summed E-state index contributed by atoms with van der Waals surface area (Å²) in [5.41, 5.74) is 3.09. The smallest absolute Gasteiger partial charge is 0.338 e. The first kappa shape index (κ1) is 14.6. The van der Waals surface area contributed by atoms with Crippen molar-refractivity contribution in [2.45, 2.75) is 45.6 Å². The average Bonchev–Trinajstić information content (AvgIpc) is 2.46. The maximum absolute atomic E-state index is 12.0. The van der Waals surface area contributed by atoms with E-state index in [2.05, 4.69) is 5.32 Å². The van der Waals surface area contributed by atoms with Crippen LogP contribution in [-0.2, 0) is 22.4 Å². The van der Waals surface area contributed by atoms with Crippen LogP contribution in [0.25, 0.3) is 0 Å². The van der Waals surface area contributed by atoms with Gasteiger partial charge in [0.25, 0.3) is 5.91 Å². The molecule has 0 heterocycles. The number of carbonyl (C=O) groups excluding carboxylic acids is 2. The highest BCUT2D eigenvalue weighted by Crippen LogP contribution is 2.22. The van der Waals surface area contributed by atoms with Gasteiger partial charge in [-0.2, -0.15) is 0 Å². The summed E-state index contributed by atoms with van der Waals surface area (Å²) >= 11 is 0. The third-order valence-electron chi connectivity index (χ3n) is 3.59. The number of rotatable bonds is 4. The minimum Gasteiger partial charge on any atom is -0.449 e. The van der Waals surface area contributed by atoms with Crippen molar-refractivity contribution in [2.24, 2.45) is 0 Å². The van der Waals surface area contributed by atoms with E-state index in [-0.39, 0.29) is 5.91 Å². The fourth-order valence-corrected chi connectivity index (χ4v) is 2.46. The summed E-state index contributed by atoms with van der Waals surface area (Å²) in [4.78, 5) is 23.6. The molecule has 0 fully saturated rings. The summed E-state index contributed by atoms with van der Waals surface area (Å²) in [5.74, 6) is -0.698. The molecule has 0 spiro atoms. The Kier molecular flexibility index (Phi) is 4.77. The summed E-state index contributed by atoms with van der Waals surface area (Å²) < 4.78 is 5.19. The van der Waals surface area contributed by atoms with Crippen LogP contribution in [-0.4, -0.2) is 24.5 Å². The van der Waals surface area contributed by atoms with Gasteiger partial charge in [0.15, 0.2) is 6.10 Å². The molecule has 4 heteroatoms. The summed E-state index contributed by atoms with van der Waals surface area (Å²) in [7, 11) is 0. The van der Waals surface area contributed by atoms with Crippen LogP contribution < -0.4 is 5.32 Å². The minimum atomic E-state index is -0.765. The normalized spacial score (nSPS) is 15.1. The summed E-state index contributed by atoms with van der Waals surface area (Å²) in [6.07, 6.45) is 3.71. The summed E-state index contributed by atoms with van der Waals surface area (Å²) in [6, 6.07) is 5.69. The van der Waals surface area contributed by atoms with Crippen molar-refractivity contribution in [2.75, 3.05) is 6.54 Å². The van der Waals surface area contributed by atoms with Gasteiger partial charge in [-0.1, -0.05) is 6.07 Å². The standard InChI is InChI=1S/C16H21NO3/c1-3-17-15(18)11(2)20-16(19)14-9-8-12-6-4-5-7-13(12)10-14/h8-11H,3-7H2,1-2H3,(H,17,18)/t11-/m0/s1. The number of esters is 1. The van der Waals surface area contributed by atoms with Crippen LogP contribution in [0.3, 0.4) is 0 Å². The molecule has 0 bridgehead atoms. The lowest BCUT2D eigenvalue weighted by atomic mass is 9.90. The van der Waals surface area contributed by atoms with Crippen molar-refractivity contribution in [3.05, 3.63) is 34.9 Å². The molecule has 0 unspecified atom stereocenters. The number of carbonyl (C=O) groups is 2. The quantitative estimate of drug-likeness (QED) is 0.857. The van der Waals surface area contributed by atoms with Crippen LogP contribution in [0.1, 0.15) is 48.2 Å². The van der Waals surface area contributed by atoms with Crippen molar-refractivity contribution in [1.29, 1.82) is 0 Å². The molecule has 1 aromatic carbocycles. The van der Waals surface area contributed by atoms with Crippen LogP contribution in [0.5, 0.6) is 0 Å². The van der Waals surface area contributed by atoms with Crippen molar-refractivity contribution in [1.82, 2.24) is 5.32 Å². The molecule has 0 saturated heterocycles. The van der Waals surface area contributed by atoms with E-state index in [0.29, 0.717) is 12.1 Å². The second-order valence-corrected chi connectivity index (χ2v) is 5.13. The lowest BCUT2D eigenvalue weighted by Crippen LogP contribution is -2.35. The molecule has 0 saturated carbocycles. The van der Waals surface area contributed by atoms with Gasteiger partial charge in [-0.3, -0.25) is 4.79 Å². The fraction of sp³-hybridized carbons (Fsp3) is 0.500. The van der Waals surface area contributed by atoms with Crippen LogP contribution in [0.2, 0.25) is 0 Å². The van der Waals surface area contributed by atoms with Crippen LogP contribution in [0, 0.1) is 0 Å². The monoisotopic (exact) mass is 275 g/mol. The average molecular weight is 275 g/mol. The Morgan fingerprint density at radius 2 is 1.95 bits per heavy atom. The zero-order valence-electron chi connectivity index (χ0n) is 12.1. The molecule has 1 aliphatic carbocycles. The predicted molar refractivity (Wildman–Crippen MR) is 76.6 cm³/mol. The van der Waals surface area contributed by atoms with Gasteiger partial charge in [-0.25, -0.2) is 4.79 Å². The van der Waals surface area contributed by atoms with E-state index < -0.39 is 12.1 Å². The Hall–Kier alpha value is -1.84. The number of hydrogen-bond acceptors (Lipinski definition) is 3. The van der Waals surface area contributed by atoms with E-state index in [0.717, 1.165) is 12.8 Å². The Morgan fingerprint density at radius 1 is 1.25 bits per heavy atom. The SMILES string of the molecule is CCNC(=O)[C@H](C)OC(=O)c1ccc2c(c1)CCCC2. The number of amides is 1. The van der Waals surface area contributed by atoms with E-state index in [4.69, 9.17) is 4.74 Å². The molecule has 1 aromatic rings. The van der Waals surface area contributed by atoms with Crippen LogP contribution in [0.4, 0.5) is 0 Å². The minimum absolute atomic E-state index is 0.265. The third-order valence-corrected chi connectivity index (χ3v) is 3.59. The maximum Gasteiger partial charge on any atom is 0.338 e. The first-order valence-corrected chi connectivity index (χ1v) is 7.22. The first-order valence-electron chi connectivity index (χ1n) is 7.22. The molecule has 1 amide bonds. The summed E-state index contributed by atoms with van der Waals surface area (Å²) in [5, 5.41) is 2.64. The van der Waals surface area contributed by atoms with Gasteiger partial charge < -0.3 is 10.1 Å². The number of aryl methyl sites for hydroxylation is 2. The number of ether oxygens (including phenoxy) is 1. The molecule has 0 aliphatic heterocycles. The molecule has 1 atom stereocenters. The molecule has 20 heavy (non-hydrogen) atoms. The first-order chi connectivity index (χ1) is 9.61. The van der Waals surface area contributed by atoms with Gasteiger partial charge in [-0.15, -0.1) is 0 Å². The molecule has 0 radical (unpaired) electrons. The highest BCUT2D eigenvalue weighted by Gasteiger charge is 2.19. The van der Waals surface area contributed by atoms with Gasteiger partial charge in [0, 0.05) is 6.54 Å². The molecule has 0 aromatic heterocycles. The number of hydrogen-bond donors (Lipinski definition) is 1. The Bertz CT molecular complexity index is 510. The highest BCUT2D eigenvalue weighted by atomic mass is 16.5. The third kappa shape index (κ3) is 3.38. The number of benzene rings is 1. The lowest BCUT2D eigenvalue weighted by Gasteiger charge is -2.17. The maximum atomic E-state index is 12.0. The Morgan fingerprint density at radius 3 is 2.65 bits per heavy atom. The highest BCUT2D eigenvalue weighted by molar-refractivity contribution is 5.92. The summed E-state index contributed by atoms with van der Waals surface area (Å²) in [6.45, 7) is 3.94. The van der Waals surface area contributed by atoms with Gasteiger partial charge in [0.2, 0.25) is 0 Å². The van der Waals surface area contributed by atoms with Crippen molar-refractivity contribution in [3.63, 3.8) is 0 Å². The van der Waals surface area contributed by atoms with Gasteiger partial charge in [0.05, 0.1) is 5.56 Å². The molecule has 108 valence electrons. The zero-order valence-corrected chi connectivity index (χ0v) is 12.1.